The molecule has 0 saturated heterocycles. The lowest BCUT2D eigenvalue weighted by Crippen LogP contribution is -2.25. The van der Waals surface area contributed by atoms with Crippen LogP contribution in [0.4, 0.5) is 0 Å². The van der Waals surface area contributed by atoms with Crippen LogP contribution in [0.25, 0.3) is 88.5 Å². The minimum Gasteiger partial charge on any atom is -0.504 e. The van der Waals surface area contributed by atoms with Gasteiger partial charge in [0.2, 0.25) is 0 Å². The standard InChI is InChI=1S/C47H27N5O5/c53-42-40(50-37-20-9-6-17-34(37)48-43(50)27-13-2-1-3-14-27)23-12-24-41(42)52-46(56)32-25-30-31(26-33(32)47(52)57)45(55)51(44(30)54)39-22-11-10-21-38(39)49-35-18-7-4-15-28(35)29-16-5-8-19-36(29)49/h1-26,53H. The second-order valence-electron chi connectivity index (χ2n) is 14.0. The van der Waals surface area contributed by atoms with Gasteiger partial charge in [-0.3, -0.25) is 23.7 Å². The summed E-state index contributed by atoms with van der Waals surface area (Å²) in [5, 5.41) is 13.9. The molecule has 10 nitrogen and oxygen atoms in total. The lowest BCUT2D eigenvalue weighted by Gasteiger charge is -2.14. The van der Waals surface area contributed by atoms with Crippen LogP contribution in [0.2, 0.25) is 0 Å². The molecule has 0 amide bonds. The number of para-hydroxylation sites is 7. The van der Waals surface area contributed by atoms with Crippen molar-refractivity contribution in [1.82, 2.24) is 23.3 Å². The zero-order valence-corrected chi connectivity index (χ0v) is 29.8. The third-order valence-corrected chi connectivity index (χ3v) is 10.9. The normalized spacial score (nSPS) is 11.9. The number of nitrogens with zero attached hydrogens (tertiary/aromatic N) is 5. The molecule has 0 aliphatic carbocycles. The second-order valence-corrected chi connectivity index (χ2v) is 14.0. The molecule has 0 bridgehead atoms. The average molecular weight is 742 g/mol. The van der Waals surface area contributed by atoms with Crippen LogP contribution in [0.1, 0.15) is 0 Å². The highest BCUT2D eigenvalue weighted by atomic mass is 16.3. The van der Waals surface area contributed by atoms with E-state index < -0.39 is 22.2 Å². The van der Waals surface area contributed by atoms with Crippen LogP contribution in [0.3, 0.4) is 0 Å². The van der Waals surface area contributed by atoms with Crippen molar-refractivity contribution in [3.05, 3.63) is 199 Å². The van der Waals surface area contributed by atoms with E-state index >= 15 is 0 Å². The maximum absolute atomic E-state index is 14.3. The first kappa shape index (κ1) is 32.3. The molecule has 7 aromatic carbocycles. The summed E-state index contributed by atoms with van der Waals surface area (Å²) in [6.07, 6.45) is 0. The molecule has 0 radical (unpaired) electrons. The molecule has 4 heterocycles. The Morgan fingerprint density at radius 2 is 0.789 bits per heavy atom. The van der Waals surface area contributed by atoms with E-state index in [0.717, 1.165) is 36.5 Å². The fraction of sp³-hybridized carbons (Fsp3) is 0. The monoisotopic (exact) mass is 741 g/mol. The van der Waals surface area contributed by atoms with Crippen molar-refractivity contribution < 1.29 is 5.11 Å². The number of phenolic OH excluding ortho intramolecular Hbond substituents is 1. The van der Waals surface area contributed by atoms with Gasteiger partial charge < -0.3 is 9.67 Å². The first-order valence-electron chi connectivity index (χ1n) is 18.3. The summed E-state index contributed by atoms with van der Waals surface area (Å²) in [6, 6.07) is 47.6. The van der Waals surface area contributed by atoms with E-state index in [1.807, 2.05) is 120 Å². The number of imidazole rings is 1. The Balaban J connectivity index is 1.10. The van der Waals surface area contributed by atoms with Gasteiger partial charge in [0.1, 0.15) is 5.82 Å². The number of hydrogen-bond donors (Lipinski definition) is 1. The Labute approximate surface area is 320 Å². The molecule has 4 aromatic heterocycles. The van der Waals surface area contributed by atoms with E-state index in [-0.39, 0.29) is 33.0 Å². The topological polar surface area (TPSA) is 121 Å². The molecule has 1 N–H and O–H groups in total. The zero-order chi connectivity index (χ0) is 38.5. The van der Waals surface area contributed by atoms with Crippen LogP contribution < -0.4 is 22.2 Å². The van der Waals surface area contributed by atoms with Gasteiger partial charge >= 0.3 is 0 Å². The minimum absolute atomic E-state index is 0.00846. The number of rotatable bonds is 5. The van der Waals surface area contributed by atoms with Crippen molar-refractivity contribution in [3.8, 4) is 39.9 Å². The van der Waals surface area contributed by atoms with Gasteiger partial charge in [0.25, 0.3) is 22.2 Å². The van der Waals surface area contributed by atoms with E-state index in [1.54, 1.807) is 28.8 Å². The quantitative estimate of drug-likeness (QED) is 0.193. The predicted molar refractivity (Wildman–Crippen MR) is 224 cm³/mol. The maximum Gasteiger partial charge on any atom is 0.266 e. The average Bonchev–Trinajstić information content (AvgIpc) is 3.94. The van der Waals surface area contributed by atoms with Crippen LogP contribution in [0.15, 0.2) is 177 Å². The van der Waals surface area contributed by atoms with Crippen molar-refractivity contribution >= 4 is 54.4 Å². The highest BCUT2D eigenvalue weighted by Gasteiger charge is 2.25. The van der Waals surface area contributed by atoms with E-state index in [0.29, 0.717) is 33.9 Å². The fourth-order valence-electron chi connectivity index (χ4n) is 8.37. The summed E-state index contributed by atoms with van der Waals surface area (Å²) >= 11 is 0. The molecule has 0 fully saturated rings. The van der Waals surface area contributed by atoms with Gasteiger partial charge in [-0.1, -0.05) is 97.1 Å². The van der Waals surface area contributed by atoms with Gasteiger partial charge in [-0.05, 0) is 60.7 Å². The second kappa shape index (κ2) is 11.9. The number of benzene rings is 7. The van der Waals surface area contributed by atoms with E-state index in [1.165, 1.54) is 18.2 Å². The van der Waals surface area contributed by atoms with Crippen molar-refractivity contribution in [2.45, 2.75) is 0 Å². The van der Waals surface area contributed by atoms with Gasteiger partial charge in [-0.15, -0.1) is 0 Å². The number of phenols is 1. The fourth-order valence-corrected chi connectivity index (χ4v) is 8.37. The summed E-state index contributed by atoms with van der Waals surface area (Å²) in [4.78, 5) is 61.9. The van der Waals surface area contributed by atoms with Crippen molar-refractivity contribution in [3.63, 3.8) is 0 Å². The summed E-state index contributed by atoms with van der Waals surface area (Å²) in [5.41, 5.74) is 2.57. The Bertz CT molecular complexity index is 3560. The molecule has 0 atom stereocenters. The lowest BCUT2D eigenvalue weighted by atomic mass is 10.1. The Kier molecular flexibility index (Phi) is 6.78. The first-order chi connectivity index (χ1) is 27.9. The maximum atomic E-state index is 14.3. The SMILES string of the molecule is O=c1c2cc3c(=O)n(-c4cccc(-n5c(-c6ccccc6)nc6ccccc65)c4O)c(=O)c3cc2c(=O)n1-c1ccccc1-n1c2ccccc2c2ccccc21. The van der Waals surface area contributed by atoms with Crippen molar-refractivity contribution in [2.24, 2.45) is 0 Å². The van der Waals surface area contributed by atoms with E-state index in [9.17, 15) is 24.3 Å². The Morgan fingerprint density at radius 1 is 0.368 bits per heavy atom. The van der Waals surface area contributed by atoms with Gasteiger partial charge in [0.05, 0.1) is 66.4 Å². The van der Waals surface area contributed by atoms with Gasteiger partial charge in [-0.25, -0.2) is 14.1 Å². The number of aromatic nitrogens is 5. The smallest absolute Gasteiger partial charge is 0.266 e. The van der Waals surface area contributed by atoms with Crippen LogP contribution in [0.5, 0.6) is 5.75 Å². The number of hydrogen-bond acceptors (Lipinski definition) is 6. The van der Waals surface area contributed by atoms with E-state index in [4.69, 9.17) is 4.98 Å². The summed E-state index contributed by atoms with van der Waals surface area (Å²) in [6.45, 7) is 0. The predicted octanol–water partition coefficient (Wildman–Crippen LogP) is 7.70. The minimum atomic E-state index is -0.728. The summed E-state index contributed by atoms with van der Waals surface area (Å²) < 4.78 is 5.83. The molecule has 10 heteroatoms. The zero-order valence-electron chi connectivity index (χ0n) is 29.8. The van der Waals surface area contributed by atoms with Crippen LogP contribution in [0, 0.1) is 0 Å². The highest BCUT2D eigenvalue weighted by Crippen LogP contribution is 2.36. The number of aromatic hydroxyl groups is 1. The van der Waals surface area contributed by atoms with Gasteiger partial charge in [0.15, 0.2) is 5.75 Å². The first-order valence-corrected chi connectivity index (χ1v) is 18.3. The molecule has 0 unspecified atom stereocenters. The summed E-state index contributed by atoms with van der Waals surface area (Å²) in [5.74, 6) is 0.240. The largest absolute Gasteiger partial charge is 0.504 e. The molecule has 270 valence electrons. The molecule has 0 aliphatic rings. The molecule has 57 heavy (non-hydrogen) atoms. The molecule has 11 aromatic rings. The molecular weight excluding hydrogens is 715 g/mol. The van der Waals surface area contributed by atoms with Gasteiger partial charge in [0, 0.05) is 16.3 Å². The Morgan fingerprint density at radius 3 is 1.37 bits per heavy atom. The molecular formula is C47H27N5O5. The van der Waals surface area contributed by atoms with Crippen molar-refractivity contribution in [1.29, 1.82) is 0 Å². The molecule has 11 rings (SSSR count). The Hall–Kier alpha value is -8.11. The summed E-state index contributed by atoms with van der Waals surface area (Å²) in [7, 11) is 0. The third kappa shape index (κ3) is 4.49. The number of fused-ring (bicyclic) bond motifs is 6. The van der Waals surface area contributed by atoms with Crippen LogP contribution in [-0.4, -0.2) is 28.4 Å². The van der Waals surface area contributed by atoms with Crippen LogP contribution in [-0.2, 0) is 0 Å². The third-order valence-electron chi connectivity index (χ3n) is 10.9. The van der Waals surface area contributed by atoms with Gasteiger partial charge in [-0.2, -0.15) is 0 Å². The molecule has 0 aliphatic heterocycles. The van der Waals surface area contributed by atoms with E-state index in [2.05, 4.69) is 0 Å². The lowest BCUT2D eigenvalue weighted by molar-refractivity contribution is 0.469. The highest BCUT2D eigenvalue weighted by molar-refractivity contribution is 6.09. The molecule has 0 spiro atoms. The molecule has 0 saturated carbocycles. The van der Waals surface area contributed by atoms with Crippen molar-refractivity contribution in [2.75, 3.05) is 0 Å². The van der Waals surface area contributed by atoms with Crippen LogP contribution >= 0.6 is 0 Å².